The molecular weight excluding hydrogens is 669 g/mol. The number of carbonyl (C=O) groups is 1. The Kier molecular flexibility index (Phi) is 11.7. The van der Waals surface area contributed by atoms with Crippen LogP contribution in [-0.2, 0) is 17.6 Å². The first kappa shape index (κ1) is 34.4. The van der Waals surface area contributed by atoms with Crippen LogP contribution >= 0.6 is 47.2 Å². The lowest BCUT2D eigenvalue weighted by atomic mass is 10.1. The molecular formula is C30H29Cl2N9O3S2. The van der Waals surface area contributed by atoms with Crippen LogP contribution in [0.15, 0.2) is 81.5 Å². The number of thioether (sulfide) groups is 1. The molecule has 5 aromatic rings. The zero-order valence-electron chi connectivity index (χ0n) is 24.7. The van der Waals surface area contributed by atoms with Gasteiger partial charge in [-0.15, -0.1) is 10.2 Å². The minimum atomic E-state index is -0.452. The summed E-state index contributed by atoms with van der Waals surface area (Å²) in [4.78, 5) is 36.4. The van der Waals surface area contributed by atoms with Crippen LogP contribution in [0.25, 0.3) is 0 Å². The average molecular weight is 699 g/mol. The zero-order valence-corrected chi connectivity index (χ0v) is 27.8. The smallest absolute Gasteiger partial charge is 0.295 e. The number of hydrogen-bond acceptors (Lipinski definition) is 10. The summed E-state index contributed by atoms with van der Waals surface area (Å²) in [6.45, 7) is 3.92. The molecule has 46 heavy (non-hydrogen) atoms. The maximum Gasteiger partial charge on any atom is 0.295 e. The molecule has 0 unspecified atom stereocenters. The van der Waals surface area contributed by atoms with Crippen LogP contribution < -0.4 is 28.1 Å². The molecule has 0 bridgehead atoms. The summed E-state index contributed by atoms with van der Waals surface area (Å²) in [5.41, 5.74) is 4.31. The first-order valence-electron chi connectivity index (χ1n) is 13.6. The second kappa shape index (κ2) is 15.7. The molecule has 0 saturated carbocycles. The largest absolute Gasteiger partial charge is 0.334 e. The van der Waals surface area contributed by atoms with Gasteiger partial charge in [-0.05, 0) is 73.1 Å². The standard InChI is InChI=1S/C20H20ClN5O2S.C10H9ClN4OS/c1-12-3-8-16(13(2)9-12)23-18(27)11-29-20-25-24-17(19(28)26(20)22)10-14-4-6-15(21)7-5-14;11-7-3-1-6(2-4-7)5-8-9(16)15(12)10(17)14-13-8/h3-9H,10-11,22H2,1-2H3,(H,23,27);1-4H,5,12H2,(H,14,17). The summed E-state index contributed by atoms with van der Waals surface area (Å²) in [6.07, 6.45) is 0.664. The number of nitrogen functional groups attached to an aromatic ring is 2. The molecule has 0 radical (unpaired) electrons. The van der Waals surface area contributed by atoms with E-state index in [-0.39, 0.29) is 27.3 Å². The van der Waals surface area contributed by atoms with Gasteiger partial charge in [-0.2, -0.15) is 14.5 Å². The molecule has 12 nitrogen and oxygen atoms in total. The van der Waals surface area contributed by atoms with E-state index >= 15 is 0 Å². The van der Waals surface area contributed by atoms with Gasteiger partial charge in [0.05, 0.1) is 5.75 Å². The molecule has 3 aromatic carbocycles. The quantitative estimate of drug-likeness (QED) is 0.104. The molecule has 0 spiro atoms. The normalized spacial score (nSPS) is 10.6. The van der Waals surface area contributed by atoms with Gasteiger partial charge in [0.15, 0.2) is 0 Å². The minimum Gasteiger partial charge on any atom is -0.334 e. The van der Waals surface area contributed by atoms with Gasteiger partial charge in [-0.1, -0.05) is 76.9 Å². The summed E-state index contributed by atoms with van der Waals surface area (Å²) in [7, 11) is 0. The Hall–Kier alpha value is -4.50. The monoisotopic (exact) mass is 697 g/mol. The first-order valence-corrected chi connectivity index (χ1v) is 15.7. The molecule has 0 aliphatic heterocycles. The Morgan fingerprint density at radius 2 is 1.43 bits per heavy atom. The number of aromatic nitrogens is 6. The van der Waals surface area contributed by atoms with E-state index in [9.17, 15) is 14.4 Å². The average Bonchev–Trinajstić information content (AvgIpc) is 3.03. The lowest BCUT2D eigenvalue weighted by Gasteiger charge is -2.10. The van der Waals surface area contributed by atoms with Gasteiger partial charge < -0.3 is 17.0 Å². The number of halogens is 2. The number of carbonyl (C=O) groups excluding carboxylic acids is 1. The van der Waals surface area contributed by atoms with Crippen molar-refractivity contribution < 1.29 is 4.79 Å². The summed E-state index contributed by atoms with van der Waals surface area (Å²) >= 11 is 17.5. The van der Waals surface area contributed by atoms with Crippen LogP contribution in [0.4, 0.5) is 5.69 Å². The lowest BCUT2D eigenvalue weighted by Crippen LogP contribution is -2.34. The van der Waals surface area contributed by atoms with Crippen molar-refractivity contribution in [1.82, 2.24) is 29.7 Å². The lowest BCUT2D eigenvalue weighted by molar-refractivity contribution is -0.113. The van der Waals surface area contributed by atoms with E-state index in [1.165, 1.54) is 0 Å². The number of aryl methyl sites for hydroxylation is 2. The van der Waals surface area contributed by atoms with E-state index in [4.69, 9.17) is 47.1 Å². The Morgan fingerprint density at radius 1 is 0.870 bits per heavy atom. The van der Waals surface area contributed by atoms with E-state index in [2.05, 4.69) is 25.7 Å². The van der Waals surface area contributed by atoms with Crippen molar-refractivity contribution in [2.75, 3.05) is 22.8 Å². The van der Waals surface area contributed by atoms with Crippen molar-refractivity contribution in [3.63, 3.8) is 0 Å². The minimum absolute atomic E-state index is 0.0508. The number of nitrogens with zero attached hydrogens (tertiary/aromatic N) is 5. The number of amides is 1. The number of nitrogens with one attached hydrogen (secondary N) is 2. The molecule has 0 fully saturated rings. The highest BCUT2D eigenvalue weighted by atomic mass is 35.5. The van der Waals surface area contributed by atoms with E-state index in [1.807, 2.05) is 56.3 Å². The van der Waals surface area contributed by atoms with Gasteiger partial charge in [0.25, 0.3) is 11.1 Å². The topological polar surface area (TPSA) is 180 Å². The summed E-state index contributed by atoms with van der Waals surface area (Å²) < 4.78 is 1.89. The first-order chi connectivity index (χ1) is 21.9. The highest BCUT2D eigenvalue weighted by Gasteiger charge is 2.14. The van der Waals surface area contributed by atoms with Crippen molar-refractivity contribution in [2.24, 2.45) is 0 Å². The van der Waals surface area contributed by atoms with Crippen LogP contribution in [0.3, 0.4) is 0 Å². The van der Waals surface area contributed by atoms with Crippen molar-refractivity contribution in [3.8, 4) is 0 Å². The maximum atomic E-state index is 12.5. The van der Waals surface area contributed by atoms with E-state index in [1.54, 1.807) is 24.3 Å². The summed E-state index contributed by atoms with van der Waals surface area (Å²) in [6, 6.07) is 20.0. The molecule has 238 valence electrons. The highest BCUT2D eigenvalue weighted by molar-refractivity contribution is 7.99. The second-order valence-corrected chi connectivity index (χ2v) is 12.2. The summed E-state index contributed by atoms with van der Waals surface area (Å²) in [5.74, 6) is 11.2. The van der Waals surface area contributed by atoms with Crippen LogP contribution in [0.2, 0.25) is 10.0 Å². The molecule has 2 aromatic heterocycles. The van der Waals surface area contributed by atoms with E-state index in [0.29, 0.717) is 28.6 Å². The van der Waals surface area contributed by atoms with Crippen LogP contribution in [0, 0.1) is 18.6 Å². The van der Waals surface area contributed by atoms with Crippen molar-refractivity contribution in [2.45, 2.75) is 31.8 Å². The van der Waals surface area contributed by atoms with Gasteiger partial charge in [0.2, 0.25) is 15.8 Å². The fourth-order valence-corrected chi connectivity index (χ4v) is 5.09. The van der Waals surface area contributed by atoms with Gasteiger partial charge >= 0.3 is 0 Å². The Morgan fingerprint density at radius 3 is 2.02 bits per heavy atom. The molecule has 5 rings (SSSR count). The number of nitrogens with two attached hydrogens (primary N) is 2. The van der Waals surface area contributed by atoms with Gasteiger partial charge in [0.1, 0.15) is 11.4 Å². The SMILES string of the molecule is Cc1ccc(NC(=O)CSc2nnc(Cc3ccc(Cl)cc3)c(=O)n2N)c(C)c1.Nn1c(=S)[nH]nc(Cc2ccc(Cl)cc2)c1=O. The molecule has 2 heterocycles. The third-order valence-corrected chi connectivity index (χ3v) is 8.19. The molecule has 0 atom stereocenters. The molecule has 1 amide bonds. The van der Waals surface area contributed by atoms with Gasteiger partial charge in [0, 0.05) is 28.6 Å². The van der Waals surface area contributed by atoms with Crippen molar-refractivity contribution in [3.05, 3.63) is 136 Å². The Labute approximate surface area is 282 Å². The summed E-state index contributed by atoms with van der Waals surface area (Å²) in [5, 5.41) is 18.7. The van der Waals surface area contributed by atoms with Gasteiger partial charge in [-0.3, -0.25) is 19.5 Å². The number of hydrogen-bond donors (Lipinski definition) is 4. The molecule has 16 heteroatoms. The van der Waals surface area contributed by atoms with Crippen LogP contribution in [0.1, 0.15) is 33.6 Å². The number of benzene rings is 3. The zero-order chi connectivity index (χ0) is 33.4. The Bertz CT molecular complexity index is 2030. The predicted molar refractivity (Wildman–Crippen MR) is 184 cm³/mol. The van der Waals surface area contributed by atoms with Crippen molar-refractivity contribution in [1.29, 1.82) is 0 Å². The Balaban J connectivity index is 0.000000240. The maximum absolute atomic E-state index is 12.5. The van der Waals surface area contributed by atoms with E-state index < -0.39 is 11.1 Å². The molecule has 0 aliphatic carbocycles. The number of H-pyrrole nitrogens is 1. The molecule has 0 aliphatic rings. The van der Waals surface area contributed by atoms with Gasteiger partial charge in [-0.25, -0.2) is 0 Å². The predicted octanol–water partition coefficient (Wildman–Crippen LogP) is 4.20. The van der Waals surface area contributed by atoms with Crippen molar-refractivity contribution >= 4 is 58.8 Å². The fourth-order valence-electron chi connectivity index (χ4n) is 4.05. The van der Waals surface area contributed by atoms with Crippen LogP contribution in [0.5, 0.6) is 0 Å². The number of aromatic amines is 1. The fraction of sp³-hybridized carbons (Fsp3) is 0.167. The highest BCUT2D eigenvalue weighted by Crippen LogP contribution is 2.18. The van der Waals surface area contributed by atoms with E-state index in [0.717, 1.165) is 49.1 Å². The number of rotatable bonds is 8. The molecule has 6 N–H and O–H groups in total. The van der Waals surface area contributed by atoms with Crippen LogP contribution in [-0.4, -0.2) is 41.4 Å². The third-order valence-electron chi connectivity index (χ3n) is 6.46. The number of anilines is 1. The third kappa shape index (κ3) is 9.26. The molecule has 0 saturated heterocycles. The second-order valence-electron chi connectivity index (χ2n) is 10.0.